The van der Waals surface area contributed by atoms with E-state index in [1.165, 1.54) is 13.2 Å². The minimum atomic E-state index is -0.377. The minimum absolute atomic E-state index is 0.235. The average Bonchev–Trinajstić information content (AvgIpc) is 3.08. The molecule has 2 aromatic heterocycles. The van der Waals surface area contributed by atoms with E-state index in [0.717, 1.165) is 11.3 Å². The molecule has 0 aliphatic carbocycles. The van der Waals surface area contributed by atoms with Gasteiger partial charge in [-0.05, 0) is 36.8 Å². The zero-order valence-corrected chi connectivity index (χ0v) is 11.7. The number of aromatic nitrogens is 3. The standard InChI is InChI=1S/C15H14FN3O2/c1-10-17-15(21-18-10)13-4-3-7-19(13)9-11-5-6-14(20-2)12(16)8-11/h3-8H,9H2,1-2H3. The molecule has 0 radical (unpaired) electrons. The highest BCUT2D eigenvalue weighted by molar-refractivity contribution is 5.48. The fourth-order valence-corrected chi connectivity index (χ4v) is 2.15. The Kier molecular flexibility index (Phi) is 3.43. The van der Waals surface area contributed by atoms with Crippen LogP contribution in [0.2, 0.25) is 0 Å². The van der Waals surface area contributed by atoms with Crippen LogP contribution in [-0.4, -0.2) is 21.8 Å². The van der Waals surface area contributed by atoms with Gasteiger partial charge in [0.1, 0.15) is 5.69 Å². The summed E-state index contributed by atoms with van der Waals surface area (Å²) in [6.45, 7) is 2.27. The number of hydrogen-bond donors (Lipinski definition) is 0. The molecule has 3 rings (SSSR count). The van der Waals surface area contributed by atoms with E-state index in [2.05, 4.69) is 10.1 Å². The lowest BCUT2D eigenvalue weighted by Crippen LogP contribution is -2.01. The zero-order chi connectivity index (χ0) is 14.8. The maximum absolute atomic E-state index is 13.7. The van der Waals surface area contributed by atoms with E-state index in [0.29, 0.717) is 18.3 Å². The monoisotopic (exact) mass is 287 g/mol. The highest BCUT2D eigenvalue weighted by Crippen LogP contribution is 2.22. The Morgan fingerprint density at radius 3 is 2.86 bits per heavy atom. The molecule has 5 nitrogen and oxygen atoms in total. The number of rotatable bonds is 4. The molecule has 0 saturated carbocycles. The van der Waals surface area contributed by atoms with E-state index in [1.807, 2.05) is 29.0 Å². The Labute approximate surface area is 121 Å². The predicted molar refractivity (Wildman–Crippen MR) is 74.5 cm³/mol. The van der Waals surface area contributed by atoms with E-state index < -0.39 is 0 Å². The Morgan fingerprint density at radius 2 is 2.19 bits per heavy atom. The van der Waals surface area contributed by atoms with Crippen LogP contribution in [0.15, 0.2) is 41.1 Å². The highest BCUT2D eigenvalue weighted by atomic mass is 19.1. The van der Waals surface area contributed by atoms with E-state index in [9.17, 15) is 4.39 Å². The molecule has 1 aromatic carbocycles. The van der Waals surface area contributed by atoms with Crippen molar-refractivity contribution in [1.29, 1.82) is 0 Å². The van der Waals surface area contributed by atoms with Crippen molar-refractivity contribution in [2.75, 3.05) is 7.11 Å². The molecule has 2 heterocycles. The number of hydrogen-bond acceptors (Lipinski definition) is 4. The number of halogens is 1. The Balaban J connectivity index is 1.89. The van der Waals surface area contributed by atoms with Crippen molar-refractivity contribution >= 4 is 0 Å². The number of nitrogens with zero attached hydrogens (tertiary/aromatic N) is 3. The normalized spacial score (nSPS) is 10.8. The van der Waals surface area contributed by atoms with E-state index >= 15 is 0 Å². The predicted octanol–water partition coefficient (Wildman–Crippen LogP) is 3.04. The SMILES string of the molecule is COc1ccc(Cn2cccc2-c2nc(C)no2)cc1F. The molecule has 108 valence electrons. The van der Waals surface area contributed by atoms with Gasteiger partial charge in [0, 0.05) is 12.7 Å². The van der Waals surface area contributed by atoms with Crippen molar-refractivity contribution < 1.29 is 13.7 Å². The van der Waals surface area contributed by atoms with Gasteiger partial charge in [0.2, 0.25) is 0 Å². The van der Waals surface area contributed by atoms with Crippen LogP contribution < -0.4 is 4.74 Å². The lowest BCUT2D eigenvalue weighted by molar-refractivity contribution is 0.386. The molecular formula is C15H14FN3O2. The second-order valence-electron chi connectivity index (χ2n) is 4.64. The summed E-state index contributed by atoms with van der Waals surface area (Å²) < 4.78 is 25.7. The number of ether oxygens (including phenoxy) is 1. The largest absolute Gasteiger partial charge is 0.494 e. The van der Waals surface area contributed by atoms with Crippen molar-refractivity contribution in [1.82, 2.24) is 14.7 Å². The highest BCUT2D eigenvalue weighted by Gasteiger charge is 2.12. The summed E-state index contributed by atoms with van der Waals surface area (Å²) >= 11 is 0. The van der Waals surface area contributed by atoms with Gasteiger partial charge in [-0.1, -0.05) is 11.2 Å². The first kappa shape index (κ1) is 13.4. The van der Waals surface area contributed by atoms with Crippen LogP contribution in [0.3, 0.4) is 0 Å². The summed E-state index contributed by atoms with van der Waals surface area (Å²) in [4.78, 5) is 4.21. The summed E-state index contributed by atoms with van der Waals surface area (Å²) in [5, 5.41) is 3.78. The van der Waals surface area contributed by atoms with Crippen molar-refractivity contribution in [3.63, 3.8) is 0 Å². The van der Waals surface area contributed by atoms with Gasteiger partial charge in [-0.15, -0.1) is 0 Å². The topological polar surface area (TPSA) is 53.1 Å². The van der Waals surface area contributed by atoms with Crippen LogP contribution in [-0.2, 0) is 6.54 Å². The van der Waals surface area contributed by atoms with Gasteiger partial charge in [0.05, 0.1) is 7.11 Å². The minimum Gasteiger partial charge on any atom is -0.494 e. The summed E-state index contributed by atoms with van der Waals surface area (Å²) in [5.41, 5.74) is 1.62. The molecule has 0 unspecified atom stereocenters. The number of methoxy groups -OCH3 is 1. The first-order chi connectivity index (χ1) is 10.2. The van der Waals surface area contributed by atoms with Crippen LogP contribution in [0.25, 0.3) is 11.6 Å². The van der Waals surface area contributed by atoms with Crippen LogP contribution in [0.1, 0.15) is 11.4 Å². The van der Waals surface area contributed by atoms with Crippen molar-refractivity contribution in [2.45, 2.75) is 13.5 Å². The molecule has 0 atom stereocenters. The van der Waals surface area contributed by atoms with Crippen LogP contribution in [0.5, 0.6) is 5.75 Å². The molecule has 0 N–H and O–H groups in total. The van der Waals surface area contributed by atoms with E-state index in [4.69, 9.17) is 9.26 Å². The van der Waals surface area contributed by atoms with Crippen LogP contribution >= 0.6 is 0 Å². The molecule has 0 saturated heterocycles. The van der Waals surface area contributed by atoms with E-state index in [-0.39, 0.29) is 11.6 Å². The van der Waals surface area contributed by atoms with Crippen LogP contribution in [0.4, 0.5) is 4.39 Å². The molecule has 0 bridgehead atoms. The van der Waals surface area contributed by atoms with Gasteiger partial charge in [0.15, 0.2) is 17.4 Å². The second-order valence-corrected chi connectivity index (χ2v) is 4.64. The summed E-state index contributed by atoms with van der Waals surface area (Å²) in [6.07, 6.45) is 1.89. The molecule has 0 amide bonds. The maximum atomic E-state index is 13.7. The Hall–Kier alpha value is -2.63. The lowest BCUT2D eigenvalue weighted by Gasteiger charge is -2.08. The van der Waals surface area contributed by atoms with Crippen molar-refractivity contribution in [3.05, 3.63) is 53.7 Å². The molecule has 0 spiro atoms. The molecule has 6 heteroatoms. The molecule has 3 aromatic rings. The van der Waals surface area contributed by atoms with Crippen LogP contribution in [0, 0.1) is 12.7 Å². The molecule has 0 aliphatic heterocycles. The summed E-state index contributed by atoms with van der Waals surface area (Å²) in [5.74, 6) is 0.885. The summed E-state index contributed by atoms with van der Waals surface area (Å²) in [6, 6.07) is 8.67. The summed E-state index contributed by atoms with van der Waals surface area (Å²) in [7, 11) is 1.44. The van der Waals surface area contributed by atoms with E-state index in [1.54, 1.807) is 13.0 Å². The third-order valence-corrected chi connectivity index (χ3v) is 3.15. The quantitative estimate of drug-likeness (QED) is 0.740. The third kappa shape index (κ3) is 2.65. The van der Waals surface area contributed by atoms with Gasteiger partial charge >= 0.3 is 0 Å². The maximum Gasteiger partial charge on any atom is 0.274 e. The molecule has 21 heavy (non-hydrogen) atoms. The molecule has 0 aliphatic rings. The van der Waals surface area contributed by atoms with Gasteiger partial charge in [-0.3, -0.25) is 0 Å². The number of benzene rings is 1. The lowest BCUT2D eigenvalue weighted by atomic mass is 10.2. The Bertz CT molecular complexity index is 764. The molecular weight excluding hydrogens is 273 g/mol. The van der Waals surface area contributed by atoms with Crippen molar-refractivity contribution in [3.8, 4) is 17.3 Å². The molecule has 0 fully saturated rings. The fraction of sp³-hybridized carbons (Fsp3) is 0.200. The van der Waals surface area contributed by atoms with Gasteiger partial charge in [-0.25, -0.2) is 4.39 Å². The third-order valence-electron chi connectivity index (χ3n) is 3.15. The zero-order valence-electron chi connectivity index (χ0n) is 11.7. The Morgan fingerprint density at radius 1 is 1.33 bits per heavy atom. The van der Waals surface area contributed by atoms with Gasteiger partial charge < -0.3 is 13.8 Å². The smallest absolute Gasteiger partial charge is 0.274 e. The first-order valence-corrected chi connectivity index (χ1v) is 6.45. The number of aryl methyl sites for hydroxylation is 1. The fourth-order valence-electron chi connectivity index (χ4n) is 2.15. The average molecular weight is 287 g/mol. The second kappa shape index (κ2) is 5.40. The first-order valence-electron chi connectivity index (χ1n) is 6.45. The van der Waals surface area contributed by atoms with Gasteiger partial charge in [0.25, 0.3) is 5.89 Å². The van der Waals surface area contributed by atoms with Gasteiger partial charge in [-0.2, -0.15) is 4.98 Å². The van der Waals surface area contributed by atoms with Crippen molar-refractivity contribution in [2.24, 2.45) is 0 Å².